The van der Waals surface area contributed by atoms with Crippen LogP contribution in [-0.2, 0) is 18.8 Å². The molecule has 2 fully saturated rings. The Labute approximate surface area is 123 Å². The molecule has 2 aliphatic heterocycles. The van der Waals surface area contributed by atoms with Gasteiger partial charge in [0.05, 0.1) is 24.4 Å². The molecule has 118 valence electrons. The van der Waals surface area contributed by atoms with Crippen molar-refractivity contribution in [2.45, 2.75) is 63.4 Å². The van der Waals surface area contributed by atoms with Crippen LogP contribution >= 0.6 is 0 Å². The zero-order valence-corrected chi connectivity index (χ0v) is 12.9. The molecular weight excluding hydrogens is 281 g/mol. The Kier molecular flexibility index (Phi) is 3.30. The van der Waals surface area contributed by atoms with Crippen molar-refractivity contribution in [1.29, 1.82) is 0 Å². The highest BCUT2D eigenvalue weighted by Gasteiger charge is 2.62. The SMILES string of the molecule is CC1(C)OB(C2=CCC3(OCCO3)C(F)(F)C2)OC1(C)C. The Hall–Kier alpha value is -0.495. The van der Waals surface area contributed by atoms with Crippen molar-refractivity contribution >= 4 is 7.12 Å². The van der Waals surface area contributed by atoms with Crippen molar-refractivity contribution in [3.05, 3.63) is 11.5 Å². The van der Waals surface area contributed by atoms with E-state index in [1.807, 2.05) is 27.7 Å². The van der Waals surface area contributed by atoms with Gasteiger partial charge in [-0.3, -0.25) is 0 Å². The Morgan fingerprint density at radius 2 is 1.52 bits per heavy atom. The van der Waals surface area contributed by atoms with Gasteiger partial charge in [-0.05, 0) is 33.2 Å². The van der Waals surface area contributed by atoms with Crippen LogP contribution in [0.15, 0.2) is 11.5 Å². The largest absolute Gasteiger partial charge is 0.490 e. The summed E-state index contributed by atoms with van der Waals surface area (Å²) < 4.78 is 51.0. The molecule has 1 spiro atoms. The summed E-state index contributed by atoms with van der Waals surface area (Å²) in [4.78, 5) is 0. The minimum absolute atomic E-state index is 0.0133. The van der Waals surface area contributed by atoms with E-state index < -0.39 is 36.5 Å². The van der Waals surface area contributed by atoms with Crippen LogP contribution < -0.4 is 0 Å². The molecule has 2 saturated heterocycles. The summed E-state index contributed by atoms with van der Waals surface area (Å²) >= 11 is 0. The predicted octanol–water partition coefficient (Wildman–Crippen LogP) is 2.72. The average Bonchev–Trinajstić information content (AvgIpc) is 2.88. The molecule has 0 aromatic carbocycles. The highest BCUT2D eigenvalue weighted by molar-refractivity contribution is 6.54. The Bertz CT molecular complexity index is 454. The van der Waals surface area contributed by atoms with Gasteiger partial charge in [0.25, 0.3) is 0 Å². The third-order valence-electron chi connectivity index (χ3n) is 4.93. The third kappa shape index (κ3) is 2.25. The molecule has 0 amide bonds. The summed E-state index contributed by atoms with van der Waals surface area (Å²) in [6.45, 7) is 8.02. The van der Waals surface area contributed by atoms with Crippen LogP contribution in [0.5, 0.6) is 0 Å². The van der Waals surface area contributed by atoms with Gasteiger partial charge in [-0.15, -0.1) is 0 Å². The highest BCUT2D eigenvalue weighted by atomic mass is 19.3. The van der Waals surface area contributed by atoms with E-state index in [2.05, 4.69) is 0 Å². The number of hydrogen-bond acceptors (Lipinski definition) is 4. The first kappa shape index (κ1) is 15.4. The summed E-state index contributed by atoms with van der Waals surface area (Å²) in [7, 11) is -0.736. The van der Waals surface area contributed by atoms with Crippen molar-refractivity contribution in [3.63, 3.8) is 0 Å². The maximum atomic E-state index is 14.5. The molecule has 3 aliphatic rings. The van der Waals surface area contributed by atoms with Gasteiger partial charge in [-0.2, -0.15) is 0 Å². The molecule has 3 rings (SSSR count). The monoisotopic (exact) mass is 302 g/mol. The summed E-state index contributed by atoms with van der Waals surface area (Å²) in [5.74, 6) is -4.89. The van der Waals surface area contributed by atoms with Crippen LogP contribution in [-0.4, -0.2) is 43.2 Å². The molecule has 0 atom stereocenters. The molecule has 0 N–H and O–H groups in total. The van der Waals surface area contributed by atoms with Crippen LogP contribution in [0.1, 0.15) is 40.5 Å². The van der Waals surface area contributed by atoms with Crippen molar-refractivity contribution in [2.75, 3.05) is 13.2 Å². The van der Waals surface area contributed by atoms with Crippen molar-refractivity contribution in [2.24, 2.45) is 0 Å². The summed E-state index contributed by atoms with van der Waals surface area (Å²) in [5, 5.41) is 0. The molecule has 0 unspecified atom stereocenters. The lowest BCUT2D eigenvalue weighted by Crippen LogP contribution is -2.52. The fraction of sp³-hybridized carbons (Fsp3) is 0.857. The fourth-order valence-corrected chi connectivity index (χ4v) is 2.84. The van der Waals surface area contributed by atoms with E-state index in [9.17, 15) is 8.78 Å². The Balaban J connectivity index is 1.82. The minimum atomic E-state index is -3.09. The second kappa shape index (κ2) is 4.50. The zero-order chi connectivity index (χ0) is 15.5. The molecule has 0 radical (unpaired) electrons. The van der Waals surface area contributed by atoms with Gasteiger partial charge >= 0.3 is 13.0 Å². The standard InChI is InChI=1S/C14H21BF2O4/c1-11(2)12(3,4)21-15(20-11)10-5-6-14(13(16,17)9-10)18-7-8-19-14/h5H,6-9H2,1-4H3. The van der Waals surface area contributed by atoms with Gasteiger partial charge in [-0.1, -0.05) is 6.08 Å². The van der Waals surface area contributed by atoms with Crippen LogP contribution in [0.2, 0.25) is 0 Å². The van der Waals surface area contributed by atoms with Crippen LogP contribution in [0.25, 0.3) is 0 Å². The van der Waals surface area contributed by atoms with E-state index in [0.29, 0.717) is 5.47 Å². The second-order valence-corrected chi connectivity index (χ2v) is 6.90. The first-order chi connectivity index (χ1) is 9.59. The van der Waals surface area contributed by atoms with Gasteiger partial charge in [0, 0.05) is 12.8 Å². The van der Waals surface area contributed by atoms with E-state index in [1.165, 1.54) is 0 Å². The molecule has 0 aromatic rings. The molecule has 4 nitrogen and oxygen atoms in total. The lowest BCUT2D eigenvalue weighted by Gasteiger charge is -2.38. The average molecular weight is 302 g/mol. The molecule has 0 saturated carbocycles. The highest BCUT2D eigenvalue weighted by Crippen LogP contribution is 2.49. The number of alkyl halides is 2. The van der Waals surface area contributed by atoms with E-state index in [-0.39, 0.29) is 19.6 Å². The van der Waals surface area contributed by atoms with Gasteiger partial charge in [0.15, 0.2) is 0 Å². The summed E-state index contributed by atoms with van der Waals surface area (Å²) in [6.07, 6.45) is 1.26. The second-order valence-electron chi connectivity index (χ2n) is 6.90. The maximum Gasteiger partial charge on any atom is 0.490 e. The Morgan fingerprint density at radius 3 is 2.00 bits per heavy atom. The van der Waals surface area contributed by atoms with E-state index in [1.54, 1.807) is 6.08 Å². The van der Waals surface area contributed by atoms with Gasteiger partial charge < -0.3 is 18.8 Å². The molecule has 0 aromatic heterocycles. The molecule has 21 heavy (non-hydrogen) atoms. The first-order valence-corrected chi connectivity index (χ1v) is 7.29. The predicted molar refractivity (Wildman–Crippen MR) is 73.0 cm³/mol. The third-order valence-corrected chi connectivity index (χ3v) is 4.93. The lowest BCUT2D eigenvalue weighted by atomic mass is 9.70. The molecular formula is C14H21BF2O4. The van der Waals surface area contributed by atoms with Gasteiger partial charge in [0.2, 0.25) is 5.79 Å². The van der Waals surface area contributed by atoms with Gasteiger partial charge in [-0.25, -0.2) is 8.78 Å². The molecule has 2 heterocycles. The molecule has 1 aliphatic carbocycles. The van der Waals surface area contributed by atoms with E-state index in [4.69, 9.17) is 18.8 Å². The molecule has 7 heteroatoms. The Morgan fingerprint density at radius 1 is 1.00 bits per heavy atom. The topological polar surface area (TPSA) is 36.9 Å². The smallest absolute Gasteiger partial charge is 0.400 e. The van der Waals surface area contributed by atoms with Crippen LogP contribution in [0, 0.1) is 0 Å². The normalized spacial score (nSPS) is 32.5. The number of allylic oxidation sites excluding steroid dienone is 1. The van der Waals surface area contributed by atoms with Gasteiger partial charge in [0.1, 0.15) is 0 Å². The van der Waals surface area contributed by atoms with Crippen LogP contribution in [0.4, 0.5) is 8.78 Å². The van der Waals surface area contributed by atoms with E-state index in [0.717, 1.165) is 0 Å². The van der Waals surface area contributed by atoms with E-state index >= 15 is 0 Å². The van der Waals surface area contributed by atoms with Crippen LogP contribution in [0.3, 0.4) is 0 Å². The zero-order valence-electron chi connectivity index (χ0n) is 12.9. The minimum Gasteiger partial charge on any atom is -0.400 e. The fourth-order valence-electron chi connectivity index (χ4n) is 2.84. The number of rotatable bonds is 1. The summed E-state index contributed by atoms with van der Waals surface area (Å²) in [6, 6.07) is 0. The van der Waals surface area contributed by atoms with Crippen molar-refractivity contribution < 1.29 is 27.6 Å². The number of halogens is 2. The maximum absolute atomic E-state index is 14.5. The van der Waals surface area contributed by atoms with Crippen molar-refractivity contribution in [3.8, 4) is 0 Å². The lowest BCUT2D eigenvalue weighted by molar-refractivity contribution is -0.290. The number of hydrogen-bond donors (Lipinski definition) is 0. The summed E-state index contributed by atoms with van der Waals surface area (Å²) in [5.41, 5.74) is -0.615. The first-order valence-electron chi connectivity index (χ1n) is 7.29. The quantitative estimate of drug-likeness (QED) is 0.698. The van der Waals surface area contributed by atoms with Crippen molar-refractivity contribution in [1.82, 2.24) is 0 Å². The number of ether oxygens (including phenoxy) is 2. The molecule has 0 bridgehead atoms.